The number of carbonyl (C=O) groups is 2. The van der Waals surface area contributed by atoms with E-state index in [0.717, 1.165) is 5.56 Å². The molecule has 2 aromatic carbocycles. The molecule has 1 amide bonds. The molecule has 1 atom stereocenters. The van der Waals surface area contributed by atoms with Gasteiger partial charge in [0.1, 0.15) is 5.75 Å². The Hall–Kier alpha value is -2.53. The van der Waals surface area contributed by atoms with Crippen LogP contribution in [0.3, 0.4) is 0 Å². The normalized spacial score (nSPS) is 11.4. The van der Waals surface area contributed by atoms with Crippen molar-refractivity contribution in [2.24, 2.45) is 0 Å². The molecule has 5 nitrogen and oxygen atoms in total. The first-order valence-corrected chi connectivity index (χ1v) is 8.28. The summed E-state index contributed by atoms with van der Waals surface area (Å²) in [5, 5.41) is 3.32. The fraction of sp³-hybridized carbons (Fsp3) is 0.263. The number of esters is 1. The molecule has 0 unspecified atom stereocenters. The van der Waals surface area contributed by atoms with E-state index >= 15 is 0 Å². The molecule has 0 saturated carbocycles. The first-order chi connectivity index (χ1) is 12.0. The zero-order valence-electron chi connectivity index (χ0n) is 13.9. The van der Waals surface area contributed by atoms with Crippen molar-refractivity contribution in [2.75, 3.05) is 19.8 Å². The maximum Gasteiger partial charge on any atom is 0.344 e. The smallest absolute Gasteiger partial charge is 0.344 e. The predicted octanol–water partition coefficient (Wildman–Crippen LogP) is 3.18. The maximum atomic E-state index is 11.8. The van der Waals surface area contributed by atoms with Crippen LogP contribution >= 0.6 is 11.6 Å². The number of halogens is 1. The third-order valence-electron chi connectivity index (χ3n) is 3.51. The van der Waals surface area contributed by atoms with Crippen molar-refractivity contribution >= 4 is 23.5 Å². The molecule has 0 aliphatic rings. The van der Waals surface area contributed by atoms with Crippen LogP contribution in [0.4, 0.5) is 0 Å². The lowest BCUT2D eigenvalue weighted by molar-refractivity contribution is -0.150. The SMILES string of the molecule is C[C@H](CNC(=O)COC(=O)COc1ccc(Cl)cc1)c1ccccc1. The van der Waals surface area contributed by atoms with Crippen LogP contribution in [0, 0.1) is 0 Å². The fourth-order valence-electron chi connectivity index (χ4n) is 2.08. The summed E-state index contributed by atoms with van der Waals surface area (Å²) in [6.45, 7) is 1.89. The first kappa shape index (κ1) is 18.8. The second kappa shape index (κ2) is 9.69. The Morgan fingerprint density at radius 3 is 2.40 bits per heavy atom. The Kier molecular flexibility index (Phi) is 7.29. The number of rotatable bonds is 8. The number of hydrogen-bond donors (Lipinski definition) is 1. The predicted molar refractivity (Wildman–Crippen MR) is 95.8 cm³/mol. The number of carbonyl (C=O) groups excluding carboxylic acids is 2. The van der Waals surface area contributed by atoms with Gasteiger partial charge in [0.15, 0.2) is 13.2 Å². The molecule has 25 heavy (non-hydrogen) atoms. The molecule has 6 heteroatoms. The Balaban J connectivity index is 1.64. The van der Waals surface area contributed by atoms with Gasteiger partial charge in [-0.3, -0.25) is 4.79 Å². The molecule has 0 aromatic heterocycles. The van der Waals surface area contributed by atoms with Crippen molar-refractivity contribution in [3.63, 3.8) is 0 Å². The number of hydrogen-bond acceptors (Lipinski definition) is 4. The van der Waals surface area contributed by atoms with E-state index < -0.39 is 5.97 Å². The molecule has 0 bridgehead atoms. The van der Waals surface area contributed by atoms with Gasteiger partial charge in [0.25, 0.3) is 5.91 Å². The molecule has 0 radical (unpaired) electrons. The van der Waals surface area contributed by atoms with Gasteiger partial charge in [-0.05, 0) is 35.7 Å². The van der Waals surface area contributed by atoms with Crippen molar-refractivity contribution in [3.8, 4) is 5.75 Å². The maximum absolute atomic E-state index is 11.8. The van der Waals surface area contributed by atoms with E-state index in [-0.39, 0.29) is 25.0 Å². The summed E-state index contributed by atoms with van der Waals surface area (Å²) >= 11 is 5.76. The minimum absolute atomic E-state index is 0.175. The summed E-state index contributed by atoms with van der Waals surface area (Å²) in [5.74, 6) is -0.277. The number of ether oxygens (including phenoxy) is 2. The monoisotopic (exact) mass is 361 g/mol. The lowest BCUT2D eigenvalue weighted by Gasteiger charge is -2.13. The van der Waals surface area contributed by atoms with Crippen LogP contribution in [-0.2, 0) is 14.3 Å². The Bertz CT molecular complexity index is 688. The standard InChI is InChI=1S/C19H20ClNO4/c1-14(15-5-3-2-4-6-15)11-21-18(22)12-25-19(23)13-24-17-9-7-16(20)8-10-17/h2-10,14H,11-13H2,1H3,(H,21,22)/t14-/m1/s1. The van der Waals surface area contributed by atoms with E-state index in [0.29, 0.717) is 17.3 Å². The minimum atomic E-state index is -0.610. The third kappa shape index (κ3) is 6.85. The van der Waals surface area contributed by atoms with Gasteiger partial charge in [-0.25, -0.2) is 4.79 Å². The molecule has 2 rings (SSSR count). The van der Waals surface area contributed by atoms with Gasteiger partial charge in [-0.15, -0.1) is 0 Å². The lowest BCUT2D eigenvalue weighted by atomic mass is 10.0. The molecule has 1 N–H and O–H groups in total. The van der Waals surface area contributed by atoms with Crippen molar-refractivity contribution < 1.29 is 19.1 Å². The molecule has 0 spiro atoms. The molecule has 132 valence electrons. The van der Waals surface area contributed by atoms with E-state index in [1.54, 1.807) is 24.3 Å². The number of amides is 1. The van der Waals surface area contributed by atoms with Crippen molar-refractivity contribution in [1.82, 2.24) is 5.32 Å². The number of nitrogens with one attached hydrogen (secondary N) is 1. The molecule has 0 fully saturated rings. The van der Waals surface area contributed by atoms with Gasteiger partial charge in [0.2, 0.25) is 0 Å². The van der Waals surface area contributed by atoms with Crippen LogP contribution in [0.1, 0.15) is 18.4 Å². The van der Waals surface area contributed by atoms with Gasteiger partial charge in [0, 0.05) is 11.6 Å². The fourth-order valence-corrected chi connectivity index (χ4v) is 2.20. The van der Waals surface area contributed by atoms with Gasteiger partial charge in [0.05, 0.1) is 0 Å². The van der Waals surface area contributed by atoms with Gasteiger partial charge in [-0.1, -0.05) is 48.9 Å². The summed E-state index contributed by atoms with van der Waals surface area (Å²) in [6.07, 6.45) is 0. The summed E-state index contributed by atoms with van der Waals surface area (Å²) in [7, 11) is 0. The third-order valence-corrected chi connectivity index (χ3v) is 3.76. The zero-order chi connectivity index (χ0) is 18.1. The van der Waals surface area contributed by atoms with Crippen molar-refractivity contribution in [3.05, 3.63) is 65.2 Å². The van der Waals surface area contributed by atoms with Gasteiger partial charge in [-0.2, -0.15) is 0 Å². The average Bonchev–Trinajstić information content (AvgIpc) is 2.64. The van der Waals surface area contributed by atoms with Gasteiger partial charge < -0.3 is 14.8 Å². The molecule has 0 aliphatic carbocycles. The van der Waals surface area contributed by atoms with Crippen LogP contribution in [-0.4, -0.2) is 31.6 Å². The number of benzene rings is 2. The lowest BCUT2D eigenvalue weighted by Crippen LogP contribution is -2.32. The highest BCUT2D eigenvalue weighted by Crippen LogP contribution is 2.15. The Morgan fingerprint density at radius 2 is 1.72 bits per heavy atom. The molecule has 0 saturated heterocycles. The second-order valence-corrected chi connectivity index (χ2v) is 5.96. The largest absolute Gasteiger partial charge is 0.482 e. The van der Waals surface area contributed by atoms with Crippen LogP contribution in [0.15, 0.2) is 54.6 Å². The molecular weight excluding hydrogens is 342 g/mol. The summed E-state index contributed by atoms with van der Waals surface area (Å²) < 4.78 is 10.1. The molecular formula is C19H20ClNO4. The summed E-state index contributed by atoms with van der Waals surface area (Å²) in [4.78, 5) is 23.3. The Labute approximate surface area is 151 Å². The van der Waals surface area contributed by atoms with E-state index in [2.05, 4.69) is 5.32 Å². The second-order valence-electron chi connectivity index (χ2n) is 5.52. The summed E-state index contributed by atoms with van der Waals surface area (Å²) in [6, 6.07) is 16.5. The highest BCUT2D eigenvalue weighted by Gasteiger charge is 2.10. The van der Waals surface area contributed by atoms with Crippen LogP contribution in [0.25, 0.3) is 0 Å². The van der Waals surface area contributed by atoms with E-state index in [9.17, 15) is 9.59 Å². The van der Waals surface area contributed by atoms with Crippen LogP contribution in [0.5, 0.6) is 5.75 Å². The highest BCUT2D eigenvalue weighted by molar-refractivity contribution is 6.30. The van der Waals surface area contributed by atoms with Crippen molar-refractivity contribution in [1.29, 1.82) is 0 Å². The summed E-state index contributed by atoms with van der Waals surface area (Å²) in [5.41, 5.74) is 1.14. The minimum Gasteiger partial charge on any atom is -0.482 e. The quantitative estimate of drug-likeness (QED) is 0.733. The van der Waals surface area contributed by atoms with Crippen molar-refractivity contribution in [2.45, 2.75) is 12.8 Å². The Morgan fingerprint density at radius 1 is 1.04 bits per heavy atom. The van der Waals surface area contributed by atoms with E-state index in [1.807, 2.05) is 37.3 Å². The van der Waals surface area contributed by atoms with E-state index in [4.69, 9.17) is 21.1 Å². The van der Waals surface area contributed by atoms with Gasteiger partial charge >= 0.3 is 5.97 Å². The molecule has 0 heterocycles. The van der Waals surface area contributed by atoms with Crippen LogP contribution in [0.2, 0.25) is 5.02 Å². The topological polar surface area (TPSA) is 64.6 Å². The average molecular weight is 362 g/mol. The highest BCUT2D eigenvalue weighted by atomic mass is 35.5. The van der Waals surface area contributed by atoms with E-state index in [1.165, 1.54) is 0 Å². The molecule has 2 aromatic rings. The molecule has 0 aliphatic heterocycles. The van der Waals surface area contributed by atoms with Crippen LogP contribution < -0.4 is 10.1 Å². The zero-order valence-corrected chi connectivity index (χ0v) is 14.7. The first-order valence-electron chi connectivity index (χ1n) is 7.90.